The molecule has 0 spiro atoms. The number of hydrogen-bond donors (Lipinski definition) is 1. The standard InChI is InChI=1S/C17H30N2/c1-5-8-11-19(7-3)17-10-9-15(14(4)12-17)13-16(18)6-2/h9-10,12,16H,5-8,11,13,18H2,1-4H3. The number of nitrogens with two attached hydrogens (primary N) is 1. The molecule has 0 saturated carbocycles. The first-order valence-electron chi connectivity index (χ1n) is 7.72. The van der Waals surface area contributed by atoms with E-state index in [1.807, 2.05) is 0 Å². The van der Waals surface area contributed by atoms with Gasteiger partial charge in [0.25, 0.3) is 0 Å². The van der Waals surface area contributed by atoms with Crippen molar-refractivity contribution in [3.05, 3.63) is 29.3 Å². The summed E-state index contributed by atoms with van der Waals surface area (Å²) in [4.78, 5) is 2.46. The van der Waals surface area contributed by atoms with E-state index in [4.69, 9.17) is 5.73 Å². The van der Waals surface area contributed by atoms with E-state index < -0.39 is 0 Å². The van der Waals surface area contributed by atoms with E-state index in [9.17, 15) is 0 Å². The van der Waals surface area contributed by atoms with Crippen molar-refractivity contribution < 1.29 is 0 Å². The van der Waals surface area contributed by atoms with Crippen LogP contribution in [0.2, 0.25) is 0 Å². The molecule has 108 valence electrons. The van der Waals surface area contributed by atoms with Crippen molar-refractivity contribution in [1.82, 2.24) is 0 Å². The van der Waals surface area contributed by atoms with E-state index in [-0.39, 0.29) is 6.04 Å². The van der Waals surface area contributed by atoms with E-state index in [1.54, 1.807) is 0 Å². The van der Waals surface area contributed by atoms with Crippen molar-refractivity contribution >= 4 is 5.69 Å². The zero-order chi connectivity index (χ0) is 14.3. The van der Waals surface area contributed by atoms with Crippen molar-refractivity contribution in [1.29, 1.82) is 0 Å². The van der Waals surface area contributed by atoms with Crippen LogP contribution in [0.15, 0.2) is 18.2 Å². The summed E-state index contributed by atoms with van der Waals surface area (Å²) in [6.07, 6.45) is 4.54. The van der Waals surface area contributed by atoms with E-state index >= 15 is 0 Å². The minimum Gasteiger partial charge on any atom is -0.372 e. The van der Waals surface area contributed by atoms with Crippen LogP contribution in [0.4, 0.5) is 5.69 Å². The third kappa shape index (κ3) is 4.87. The molecule has 2 nitrogen and oxygen atoms in total. The van der Waals surface area contributed by atoms with Gasteiger partial charge in [-0.25, -0.2) is 0 Å². The average molecular weight is 262 g/mol. The quantitative estimate of drug-likeness (QED) is 0.770. The Bertz CT molecular complexity index is 374. The molecule has 0 aliphatic rings. The lowest BCUT2D eigenvalue weighted by Gasteiger charge is -2.24. The minimum atomic E-state index is 0.284. The van der Waals surface area contributed by atoms with Crippen molar-refractivity contribution in [2.75, 3.05) is 18.0 Å². The highest BCUT2D eigenvalue weighted by molar-refractivity contribution is 5.50. The maximum Gasteiger partial charge on any atom is 0.0368 e. The summed E-state index contributed by atoms with van der Waals surface area (Å²) in [6.45, 7) is 11.1. The van der Waals surface area contributed by atoms with Crippen LogP contribution in [0, 0.1) is 6.92 Å². The van der Waals surface area contributed by atoms with Gasteiger partial charge in [0.2, 0.25) is 0 Å². The molecule has 1 atom stereocenters. The van der Waals surface area contributed by atoms with Crippen LogP contribution in [0.25, 0.3) is 0 Å². The highest BCUT2D eigenvalue weighted by Gasteiger charge is 2.08. The number of unbranched alkanes of at least 4 members (excludes halogenated alkanes) is 1. The number of benzene rings is 1. The molecule has 2 N–H and O–H groups in total. The molecular weight excluding hydrogens is 232 g/mol. The van der Waals surface area contributed by atoms with Crippen LogP contribution in [0.1, 0.15) is 51.2 Å². The lowest BCUT2D eigenvalue weighted by Crippen LogP contribution is -2.24. The normalized spacial score (nSPS) is 12.5. The van der Waals surface area contributed by atoms with Gasteiger partial charge < -0.3 is 10.6 Å². The van der Waals surface area contributed by atoms with E-state index in [1.165, 1.54) is 29.7 Å². The first-order valence-corrected chi connectivity index (χ1v) is 7.72. The van der Waals surface area contributed by atoms with Gasteiger partial charge in [0, 0.05) is 24.8 Å². The Morgan fingerprint density at radius 1 is 1.21 bits per heavy atom. The molecule has 0 bridgehead atoms. The fraction of sp³-hybridized carbons (Fsp3) is 0.647. The van der Waals surface area contributed by atoms with Crippen molar-refractivity contribution in [3.8, 4) is 0 Å². The Balaban J connectivity index is 2.79. The molecule has 0 fully saturated rings. The zero-order valence-electron chi connectivity index (χ0n) is 13.1. The van der Waals surface area contributed by atoms with Crippen LogP contribution in [0.5, 0.6) is 0 Å². The number of hydrogen-bond acceptors (Lipinski definition) is 2. The SMILES string of the molecule is CCCCN(CC)c1ccc(CC(N)CC)c(C)c1. The predicted molar refractivity (Wildman–Crippen MR) is 85.9 cm³/mol. The fourth-order valence-electron chi connectivity index (χ4n) is 2.35. The van der Waals surface area contributed by atoms with Gasteiger partial charge in [-0.15, -0.1) is 0 Å². The van der Waals surface area contributed by atoms with Gasteiger partial charge in [-0.05, 0) is 56.4 Å². The molecule has 0 radical (unpaired) electrons. The lowest BCUT2D eigenvalue weighted by molar-refractivity contribution is 0.644. The summed E-state index contributed by atoms with van der Waals surface area (Å²) in [5, 5.41) is 0. The number of nitrogens with zero attached hydrogens (tertiary/aromatic N) is 1. The molecule has 19 heavy (non-hydrogen) atoms. The Kier molecular flexibility index (Phi) is 6.93. The first kappa shape index (κ1) is 16.0. The molecule has 1 aromatic rings. The average Bonchev–Trinajstić information content (AvgIpc) is 2.42. The largest absolute Gasteiger partial charge is 0.372 e. The predicted octanol–water partition coefficient (Wildman–Crippen LogP) is 3.90. The summed E-state index contributed by atoms with van der Waals surface area (Å²) in [7, 11) is 0. The fourth-order valence-corrected chi connectivity index (χ4v) is 2.35. The zero-order valence-corrected chi connectivity index (χ0v) is 13.1. The summed E-state index contributed by atoms with van der Waals surface area (Å²) < 4.78 is 0. The molecule has 1 unspecified atom stereocenters. The van der Waals surface area contributed by atoms with Gasteiger partial charge >= 0.3 is 0 Å². The van der Waals surface area contributed by atoms with Crippen LogP contribution in [-0.2, 0) is 6.42 Å². The third-order valence-corrected chi connectivity index (χ3v) is 3.86. The van der Waals surface area contributed by atoms with Crippen LogP contribution < -0.4 is 10.6 Å². The van der Waals surface area contributed by atoms with Gasteiger partial charge in [-0.1, -0.05) is 26.3 Å². The van der Waals surface area contributed by atoms with Gasteiger partial charge in [-0.3, -0.25) is 0 Å². The topological polar surface area (TPSA) is 29.3 Å². The minimum absolute atomic E-state index is 0.284. The third-order valence-electron chi connectivity index (χ3n) is 3.86. The lowest BCUT2D eigenvalue weighted by atomic mass is 9.99. The number of aryl methyl sites for hydroxylation is 1. The maximum absolute atomic E-state index is 6.05. The van der Waals surface area contributed by atoms with Crippen molar-refractivity contribution in [3.63, 3.8) is 0 Å². The molecule has 2 heteroatoms. The van der Waals surface area contributed by atoms with Crippen LogP contribution >= 0.6 is 0 Å². The molecule has 0 aliphatic heterocycles. The van der Waals surface area contributed by atoms with Crippen LogP contribution in [-0.4, -0.2) is 19.1 Å². The second-order valence-electron chi connectivity index (χ2n) is 5.42. The van der Waals surface area contributed by atoms with Gasteiger partial charge in [0.05, 0.1) is 0 Å². The van der Waals surface area contributed by atoms with Gasteiger partial charge in [-0.2, -0.15) is 0 Å². The van der Waals surface area contributed by atoms with Crippen LogP contribution in [0.3, 0.4) is 0 Å². The van der Waals surface area contributed by atoms with E-state index in [0.717, 1.165) is 25.9 Å². The summed E-state index contributed by atoms with van der Waals surface area (Å²) >= 11 is 0. The number of anilines is 1. The summed E-state index contributed by atoms with van der Waals surface area (Å²) in [5.41, 5.74) is 10.2. The Morgan fingerprint density at radius 2 is 1.95 bits per heavy atom. The molecule has 0 heterocycles. The molecule has 0 aromatic heterocycles. The highest BCUT2D eigenvalue weighted by Crippen LogP contribution is 2.21. The van der Waals surface area contributed by atoms with E-state index in [2.05, 4.69) is 50.8 Å². The second kappa shape index (κ2) is 8.21. The molecule has 0 amide bonds. The monoisotopic (exact) mass is 262 g/mol. The molecule has 1 aromatic carbocycles. The summed E-state index contributed by atoms with van der Waals surface area (Å²) in [5.74, 6) is 0. The Hall–Kier alpha value is -1.02. The van der Waals surface area contributed by atoms with Gasteiger partial charge in [0.15, 0.2) is 0 Å². The molecule has 0 saturated heterocycles. The van der Waals surface area contributed by atoms with Crippen molar-refractivity contribution in [2.45, 2.75) is 59.4 Å². The second-order valence-corrected chi connectivity index (χ2v) is 5.42. The molecular formula is C17H30N2. The first-order chi connectivity index (χ1) is 9.12. The Labute approximate surface area is 119 Å². The van der Waals surface area contributed by atoms with Crippen molar-refractivity contribution in [2.24, 2.45) is 5.73 Å². The number of rotatable bonds is 8. The Morgan fingerprint density at radius 3 is 2.47 bits per heavy atom. The van der Waals surface area contributed by atoms with Gasteiger partial charge in [0.1, 0.15) is 0 Å². The highest BCUT2D eigenvalue weighted by atomic mass is 15.1. The molecule has 0 aliphatic carbocycles. The molecule has 1 rings (SSSR count). The van der Waals surface area contributed by atoms with E-state index in [0.29, 0.717) is 0 Å². The maximum atomic E-state index is 6.05. The smallest absolute Gasteiger partial charge is 0.0368 e. The summed E-state index contributed by atoms with van der Waals surface area (Å²) in [6, 6.07) is 7.11.